The van der Waals surface area contributed by atoms with Crippen LogP contribution in [0.3, 0.4) is 0 Å². The number of nitrogens with one attached hydrogen (secondary N) is 2. The summed E-state index contributed by atoms with van der Waals surface area (Å²) in [7, 11) is 0. The van der Waals surface area contributed by atoms with E-state index in [1.165, 1.54) is 0 Å². The predicted octanol–water partition coefficient (Wildman–Crippen LogP) is -2.42. The minimum atomic E-state index is -1.08. The fourth-order valence-corrected chi connectivity index (χ4v) is 0.994. The molecule has 0 bridgehead atoms. The highest BCUT2D eigenvalue weighted by atomic mass is 16.6. The van der Waals surface area contributed by atoms with Gasteiger partial charge < -0.3 is 20.9 Å². The number of primary amides is 2. The molecule has 0 heterocycles. The molecular formula is C12H14N4O8. The zero-order chi connectivity index (χ0) is 18.5. The molecule has 130 valence electrons. The minimum Gasteiger partial charge on any atom is -0.459 e. The van der Waals surface area contributed by atoms with E-state index in [2.05, 4.69) is 20.9 Å². The van der Waals surface area contributed by atoms with Crippen molar-refractivity contribution in [2.45, 2.75) is 0 Å². The van der Waals surface area contributed by atoms with Crippen molar-refractivity contribution in [2.24, 2.45) is 11.5 Å². The monoisotopic (exact) mass is 342 g/mol. The lowest BCUT2D eigenvalue weighted by molar-refractivity contribution is -0.146. The maximum Gasteiger partial charge on any atom is 0.331 e. The van der Waals surface area contributed by atoms with Crippen LogP contribution in [-0.2, 0) is 28.7 Å². The lowest BCUT2D eigenvalue weighted by atomic mass is 10.4. The van der Waals surface area contributed by atoms with Crippen molar-refractivity contribution in [3.8, 4) is 0 Å². The zero-order valence-electron chi connectivity index (χ0n) is 12.1. The Hall–Kier alpha value is -3.70. The molecule has 0 saturated heterocycles. The third-order valence-corrected chi connectivity index (χ3v) is 1.81. The molecule has 12 heteroatoms. The summed E-state index contributed by atoms with van der Waals surface area (Å²) < 4.78 is 9.12. The first kappa shape index (κ1) is 20.3. The molecule has 0 aliphatic heterocycles. The molecule has 0 unspecified atom stereocenters. The van der Waals surface area contributed by atoms with Crippen molar-refractivity contribution >= 4 is 35.8 Å². The normalized spacial score (nSPS) is 10.2. The molecule has 0 radical (unpaired) electrons. The molecular weight excluding hydrogens is 328 g/mol. The summed E-state index contributed by atoms with van der Waals surface area (Å²) in [6, 6.07) is -2.16. The summed E-state index contributed by atoms with van der Waals surface area (Å²) in [5, 5.41) is 3.36. The van der Waals surface area contributed by atoms with Crippen molar-refractivity contribution in [1.82, 2.24) is 10.6 Å². The molecule has 0 saturated carbocycles. The quantitative estimate of drug-likeness (QED) is 0.222. The highest BCUT2D eigenvalue weighted by Gasteiger charge is 2.04. The van der Waals surface area contributed by atoms with Crippen LogP contribution in [-0.4, -0.2) is 49.0 Å². The number of nitrogens with two attached hydrogens (primary N) is 2. The molecule has 0 aliphatic carbocycles. The van der Waals surface area contributed by atoms with Gasteiger partial charge in [-0.15, -0.1) is 0 Å². The number of urea groups is 2. The van der Waals surface area contributed by atoms with Crippen LogP contribution < -0.4 is 22.1 Å². The molecule has 0 aromatic carbocycles. The van der Waals surface area contributed by atoms with E-state index < -0.39 is 35.8 Å². The zero-order valence-corrected chi connectivity index (χ0v) is 12.1. The van der Waals surface area contributed by atoms with Crippen molar-refractivity contribution in [3.63, 3.8) is 0 Å². The number of hydrogen-bond donors (Lipinski definition) is 4. The SMILES string of the molecule is NC(=O)NC(=O)/C=C/C(=O)OCCOC(=O)/C=C/C(=O)NC(N)=O. The number of hydrogen-bond acceptors (Lipinski definition) is 8. The molecule has 6 amide bonds. The first-order valence-corrected chi connectivity index (χ1v) is 6.11. The van der Waals surface area contributed by atoms with Gasteiger partial charge >= 0.3 is 24.0 Å². The van der Waals surface area contributed by atoms with Crippen molar-refractivity contribution in [1.29, 1.82) is 0 Å². The first-order valence-electron chi connectivity index (χ1n) is 6.11. The predicted molar refractivity (Wildman–Crippen MR) is 75.7 cm³/mol. The summed E-state index contributed by atoms with van der Waals surface area (Å²) in [5.41, 5.74) is 9.34. The van der Waals surface area contributed by atoms with Gasteiger partial charge in [0.2, 0.25) is 0 Å². The number of esters is 2. The average molecular weight is 342 g/mol. The molecule has 0 atom stereocenters. The van der Waals surface area contributed by atoms with E-state index in [9.17, 15) is 28.8 Å². The van der Waals surface area contributed by atoms with Crippen LogP contribution in [0.2, 0.25) is 0 Å². The van der Waals surface area contributed by atoms with Gasteiger partial charge in [-0.25, -0.2) is 19.2 Å². The fourth-order valence-electron chi connectivity index (χ4n) is 0.994. The Bertz CT molecular complexity index is 544. The van der Waals surface area contributed by atoms with Crippen LogP contribution in [0.25, 0.3) is 0 Å². The Morgan fingerprint density at radius 1 is 0.667 bits per heavy atom. The van der Waals surface area contributed by atoms with Crippen LogP contribution in [0.15, 0.2) is 24.3 Å². The van der Waals surface area contributed by atoms with Crippen LogP contribution in [0.1, 0.15) is 0 Å². The molecule has 0 rings (SSSR count). The van der Waals surface area contributed by atoms with E-state index in [0.717, 1.165) is 24.3 Å². The van der Waals surface area contributed by atoms with Crippen LogP contribution >= 0.6 is 0 Å². The van der Waals surface area contributed by atoms with Gasteiger partial charge in [-0.1, -0.05) is 0 Å². The summed E-state index contributed by atoms with van der Waals surface area (Å²) in [4.78, 5) is 64.8. The number of carbonyl (C=O) groups is 6. The molecule has 6 N–H and O–H groups in total. The number of carbonyl (C=O) groups excluding carboxylic acids is 6. The van der Waals surface area contributed by atoms with E-state index in [-0.39, 0.29) is 13.2 Å². The third-order valence-electron chi connectivity index (χ3n) is 1.81. The summed E-state index contributed by atoms with van der Waals surface area (Å²) in [5.74, 6) is -3.68. The second-order valence-corrected chi connectivity index (χ2v) is 3.71. The highest BCUT2D eigenvalue weighted by molar-refractivity contribution is 6.03. The Balaban J connectivity index is 3.96. The molecule has 0 fully saturated rings. The Morgan fingerprint density at radius 3 is 1.29 bits per heavy atom. The average Bonchev–Trinajstić information content (AvgIpc) is 2.46. The maximum atomic E-state index is 11.1. The fraction of sp³-hybridized carbons (Fsp3) is 0.167. The first-order chi connectivity index (χ1) is 11.2. The summed E-state index contributed by atoms with van der Waals surface area (Å²) in [6.45, 7) is -0.651. The Morgan fingerprint density at radius 2 is 1.00 bits per heavy atom. The Labute approximate surface area is 134 Å². The van der Waals surface area contributed by atoms with Gasteiger partial charge in [-0.2, -0.15) is 0 Å². The minimum absolute atomic E-state index is 0.326. The molecule has 0 aromatic rings. The standard InChI is InChI=1S/C12H14N4O8/c13-11(21)15-7(17)1-3-9(19)23-5-6-24-10(20)4-2-8(18)16-12(14)22/h1-4H,5-6H2,(H3,13,15,17,21)(H3,14,16,18,22)/b3-1+,4-2+. The van der Waals surface area contributed by atoms with Gasteiger partial charge in [0.15, 0.2) is 0 Å². The lowest BCUT2D eigenvalue weighted by Crippen LogP contribution is -2.33. The Kier molecular flexibility index (Phi) is 9.26. The van der Waals surface area contributed by atoms with E-state index >= 15 is 0 Å². The third kappa shape index (κ3) is 12.1. The van der Waals surface area contributed by atoms with Crippen LogP contribution in [0, 0.1) is 0 Å². The summed E-state index contributed by atoms with van der Waals surface area (Å²) >= 11 is 0. The van der Waals surface area contributed by atoms with Crippen LogP contribution in [0.5, 0.6) is 0 Å². The van der Waals surface area contributed by atoms with Crippen molar-refractivity contribution in [2.75, 3.05) is 13.2 Å². The number of imide groups is 2. The topological polar surface area (TPSA) is 197 Å². The summed E-state index contributed by atoms with van der Waals surface area (Å²) in [6.07, 6.45) is 2.90. The number of amides is 6. The smallest absolute Gasteiger partial charge is 0.331 e. The van der Waals surface area contributed by atoms with E-state index in [4.69, 9.17) is 0 Å². The van der Waals surface area contributed by atoms with Crippen molar-refractivity contribution in [3.05, 3.63) is 24.3 Å². The van der Waals surface area contributed by atoms with Gasteiger partial charge in [-0.3, -0.25) is 20.2 Å². The van der Waals surface area contributed by atoms with Gasteiger partial charge in [0, 0.05) is 24.3 Å². The number of rotatable bonds is 7. The second kappa shape index (κ2) is 10.9. The van der Waals surface area contributed by atoms with Gasteiger partial charge in [0.1, 0.15) is 13.2 Å². The largest absolute Gasteiger partial charge is 0.459 e. The van der Waals surface area contributed by atoms with E-state index in [1.807, 2.05) is 0 Å². The number of ether oxygens (including phenoxy) is 2. The second-order valence-electron chi connectivity index (χ2n) is 3.71. The molecule has 0 spiro atoms. The lowest BCUT2D eigenvalue weighted by Gasteiger charge is -2.02. The molecule has 12 nitrogen and oxygen atoms in total. The molecule has 0 aliphatic rings. The molecule has 24 heavy (non-hydrogen) atoms. The van der Waals surface area contributed by atoms with Gasteiger partial charge in [0.25, 0.3) is 11.8 Å². The van der Waals surface area contributed by atoms with E-state index in [1.54, 1.807) is 10.6 Å². The van der Waals surface area contributed by atoms with Gasteiger partial charge in [-0.05, 0) is 0 Å². The molecule has 0 aromatic heterocycles. The maximum absolute atomic E-state index is 11.1. The van der Waals surface area contributed by atoms with Crippen LogP contribution in [0.4, 0.5) is 9.59 Å². The van der Waals surface area contributed by atoms with Gasteiger partial charge in [0.05, 0.1) is 0 Å². The van der Waals surface area contributed by atoms with Crippen molar-refractivity contribution < 1.29 is 38.2 Å². The van der Waals surface area contributed by atoms with E-state index in [0.29, 0.717) is 0 Å². The highest BCUT2D eigenvalue weighted by Crippen LogP contribution is 1.87.